The Hall–Kier alpha value is -3.48. The van der Waals surface area contributed by atoms with Gasteiger partial charge in [0.05, 0.1) is 19.2 Å². The summed E-state index contributed by atoms with van der Waals surface area (Å²) in [6, 6.07) is 26.8. The van der Waals surface area contributed by atoms with E-state index < -0.39 is 14.4 Å². The summed E-state index contributed by atoms with van der Waals surface area (Å²) in [5, 5.41) is 3.15. The van der Waals surface area contributed by atoms with Crippen LogP contribution in [0.15, 0.2) is 78.9 Å². The first kappa shape index (κ1) is 24.2. The van der Waals surface area contributed by atoms with Crippen LogP contribution < -0.4 is 15.1 Å². The Morgan fingerprint density at radius 2 is 1.56 bits per heavy atom. The fourth-order valence-corrected chi connectivity index (χ4v) is 9.93. The lowest BCUT2D eigenvalue weighted by molar-refractivity contribution is 0.0416. The summed E-state index contributed by atoms with van der Waals surface area (Å²) in [4.78, 5) is 17.3. The number of hydrogen-bond acceptors (Lipinski definition) is 5. The number of esters is 1. The topological polar surface area (TPSA) is 57.6 Å². The van der Waals surface area contributed by atoms with E-state index in [1.165, 1.54) is 10.4 Å². The van der Waals surface area contributed by atoms with Crippen molar-refractivity contribution in [1.82, 2.24) is 4.98 Å². The Morgan fingerprint density at radius 3 is 2.11 bits per heavy atom. The quantitative estimate of drug-likeness (QED) is 0.258. The van der Waals surface area contributed by atoms with Gasteiger partial charge in [-0.25, -0.2) is 9.78 Å². The number of cyclic esters (lactones) is 1. The predicted molar refractivity (Wildman–Crippen MR) is 145 cm³/mol. The molecule has 3 aromatic carbocycles. The molecule has 0 fully saturated rings. The Balaban J connectivity index is 1.73. The van der Waals surface area contributed by atoms with Gasteiger partial charge in [0.2, 0.25) is 0 Å². The molecule has 1 unspecified atom stereocenters. The Bertz CT molecular complexity index is 1370. The zero-order valence-corrected chi connectivity index (χ0v) is 22.4. The van der Waals surface area contributed by atoms with Crippen molar-refractivity contribution in [1.29, 1.82) is 0 Å². The van der Waals surface area contributed by atoms with Gasteiger partial charge in [0.25, 0.3) is 8.32 Å². The maximum Gasteiger partial charge on any atom is 0.357 e. The highest BCUT2D eigenvalue weighted by Gasteiger charge is 2.50. The van der Waals surface area contributed by atoms with Gasteiger partial charge in [0.15, 0.2) is 5.69 Å². The fourth-order valence-electron chi connectivity index (χ4n) is 5.42. The van der Waals surface area contributed by atoms with E-state index in [0.717, 1.165) is 27.8 Å². The molecule has 5 rings (SSSR count). The van der Waals surface area contributed by atoms with Crippen molar-refractivity contribution in [2.75, 3.05) is 7.11 Å². The number of rotatable bonds is 6. The SMILES string of the molecule is COc1ccc2nc3c(c(CO[Si](c4ccccc4)(c4ccccc4)C(C)(C)C)c2c1)C(C)OC3=O. The molecule has 1 aliphatic rings. The van der Waals surface area contributed by atoms with Gasteiger partial charge in [-0.05, 0) is 46.1 Å². The van der Waals surface area contributed by atoms with Crippen molar-refractivity contribution in [3.8, 4) is 5.75 Å². The van der Waals surface area contributed by atoms with Gasteiger partial charge in [0, 0.05) is 10.9 Å². The smallest absolute Gasteiger partial charge is 0.357 e. The van der Waals surface area contributed by atoms with Gasteiger partial charge in [-0.1, -0.05) is 81.4 Å². The molecular formula is C30H31NO4Si. The zero-order chi connectivity index (χ0) is 25.5. The van der Waals surface area contributed by atoms with Crippen LogP contribution in [0.2, 0.25) is 5.04 Å². The van der Waals surface area contributed by atoms with Gasteiger partial charge >= 0.3 is 5.97 Å². The standard InChI is InChI=1S/C30H31NO4Si/c1-20-27-25(24-18-21(33-5)16-17-26(24)31-28(27)29(32)35-20)19-34-36(30(2,3)4,22-12-8-6-9-13-22)23-14-10-7-11-15-23/h6-18,20H,19H2,1-5H3. The second-order valence-electron chi connectivity index (χ2n) is 10.2. The van der Waals surface area contributed by atoms with Gasteiger partial charge in [-0.15, -0.1) is 0 Å². The minimum absolute atomic E-state index is 0.169. The van der Waals surface area contributed by atoms with Crippen LogP contribution in [-0.4, -0.2) is 26.4 Å². The highest BCUT2D eigenvalue weighted by atomic mass is 28.4. The number of benzene rings is 3. The summed E-state index contributed by atoms with van der Waals surface area (Å²) in [5.41, 5.74) is 2.83. The van der Waals surface area contributed by atoms with Crippen LogP contribution in [0.1, 0.15) is 55.4 Å². The van der Waals surface area contributed by atoms with E-state index in [4.69, 9.17) is 13.9 Å². The normalized spacial score (nSPS) is 15.6. The number of carbonyl (C=O) groups excluding carboxylic acids is 1. The van der Waals surface area contributed by atoms with Crippen LogP contribution in [-0.2, 0) is 15.8 Å². The third kappa shape index (κ3) is 3.90. The number of methoxy groups -OCH3 is 1. The summed E-state index contributed by atoms with van der Waals surface area (Å²) in [6.45, 7) is 8.98. The van der Waals surface area contributed by atoms with Crippen molar-refractivity contribution in [3.05, 3.63) is 95.7 Å². The van der Waals surface area contributed by atoms with Gasteiger partial charge in [0.1, 0.15) is 11.9 Å². The third-order valence-electron chi connectivity index (χ3n) is 7.07. The average Bonchev–Trinajstić information content (AvgIpc) is 3.16. The monoisotopic (exact) mass is 497 g/mol. The van der Waals surface area contributed by atoms with Gasteiger partial charge in [-0.3, -0.25) is 0 Å². The molecule has 6 heteroatoms. The van der Waals surface area contributed by atoms with Crippen molar-refractivity contribution in [2.24, 2.45) is 0 Å². The van der Waals surface area contributed by atoms with Crippen LogP contribution in [0.25, 0.3) is 10.9 Å². The van der Waals surface area contributed by atoms with Crippen molar-refractivity contribution < 1.29 is 18.7 Å². The molecule has 0 spiro atoms. The van der Waals surface area contributed by atoms with Crippen molar-refractivity contribution in [2.45, 2.75) is 45.4 Å². The van der Waals surface area contributed by atoms with Crippen LogP contribution in [0, 0.1) is 0 Å². The summed E-state index contributed by atoms with van der Waals surface area (Å²) >= 11 is 0. The molecule has 0 radical (unpaired) electrons. The molecule has 184 valence electrons. The Labute approximate surface area is 213 Å². The Morgan fingerprint density at radius 1 is 0.944 bits per heavy atom. The minimum Gasteiger partial charge on any atom is -0.497 e. The molecule has 1 aliphatic heterocycles. The van der Waals surface area contributed by atoms with Gasteiger partial charge < -0.3 is 13.9 Å². The molecule has 1 atom stereocenters. The number of ether oxygens (including phenoxy) is 2. The maximum atomic E-state index is 12.7. The van der Waals surface area contributed by atoms with E-state index in [1.54, 1.807) is 7.11 Å². The largest absolute Gasteiger partial charge is 0.497 e. The summed E-state index contributed by atoms with van der Waals surface area (Å²) in [6.07, 6.45) is -0.395. The van der Waals surface area contributed by atoms with E-state index in [2.05, 4.69) is 74.3 Å². The van der Waals surface area contributed by atoms with E-state index in [0.29, 0.717) is 12.3 Å². The molecule has 0 saturated heterocycles. The molecule has 4 aromatic rings. The van der Waals surface area contributed by atoms with E-state index in [9.17, 15) is 4.79 Å². The zero-order valence-electron chi connectivity index (χ0n) is 21.4. The lowest BCUT2D eigenvalue weighted by Gasteiger charge is -2.43. The highest BCUT2D eigenvalue weighted by molar-refractivity contribution is 6.99. The molecular weight excluding hydrogens is 466 g/mol. The molecule has 36 heavy (non-hydrogen) atoms. The molecule has 1 aromatic heterocycles. The summed E-state index contributed by atoms with van der Waals surface area (Å²) in [7, 11) is -1.14. The first-order valence-corrected chi connectivity index (χ1v) is 14.1. The van der Waals surface area contributed by atoms with Gasteiger partial charge in [-0.2, -0.15) is 0 Å². The second-order valence-corrected chi connectivity index (χ2v) is 14.5. The average molecular weight is 498 g/mol. The van der Waals surface area contributed by atoms with E-state index in [1.807, 2.05) is 37.3 Å². The Kier molecular flexibility index (Phi) is 6.18. The second kappa shape index (κ2) is 9.19. The molecule has 0 bridgehead atoms. The van der Waals surface area contributed by atoms with E-state index in [-0.39, 0.29) is 11.0 Å². The maximum absolute atomic E-state index is 12.7. The molecule has 0 saturated carbocycles. The molecule has 5 nitrogen and oxygen atoms in total. The number of carbonyl (C=O) groups is 1. The van der Waals surface area contributed by atoms with Crippen molar-refractivity contribution in [3.63, 3.8) is 0 Å². The van der Waals surface area contributed by atoms with E-state index >= 15 is 0 Å². The van der Waals surface area contributed by atoms with Crippen LogP contribution >= 0.6 is 0 Å². The fraction of sp³-hybridized carbons (Fsp3) is 0.267. The first-order chi connectivity index (χ1) is 17.3. The lowest BCUT2D eigenvalue weighted by Crippen LogP contribution is -2.66. The van der Waals surface area contributed by atoms with Crippen LogP contribution in [0.4, 0.5) is 0 Å². The number of aromatic nitrogens is 1. The number of fused-ring (bicyclic) bond motifs is 2. The number of hydrogen-bond donors (Lipinski definition) is 0. The predicted octanol–water partition coefficient (Wildman–Crippen LogP) is 5.55. The highest BCUT2D eigenvalue weighted by Crippen LogP contribution is 2.41. The number of nitrogens with zero attached hydrogens (tertiary/aromatic N) is 1. The molecule has 0 N–H and O–H groups in total. The molecule has 0 amide bonds. The van der Waals surface area contributed by atoms with Crippen molar-refractivity contribution >= 4 is 35.6 Å². The first-order valence-electron chi connectivity index (χ1n) is 12.2. The number of pyridine rings is 1. The lowest BCUT2D eigenvalue weighted by atomic mass is 9.98. The molecule has 2 heterocycles. The van der Waals surface area contributed by atoms with Crippen LogP contribution in [0.3, 0.4) is 0 Å². The summed E-state index contributed by atoms with van der Waals surface area (Å²) < 4.78 is 18.4. The summed E-state index contributed by atoms with van der Waals surface area (Å²) in [5.74, 6) is 0.343. The molecule has 0 aliphatic carbocycles. The minimum atomic E-state index is -2.79. The van der Waals surface area contributed by atoms with Crippen LogP contribution in [0.5, 0.6) is 5.75 Å². The third-order valence-corrected chi connectivity index (χ3v) is 12.1.